The van der Waals surface area contributed by atoms with Crippen LogP contribution >= 0.6 is 11.6 Å². The second-order valence-corrected chi connectivity index (χ2v) is 6.77. The number of hydrogen-bond donors (Lipinski definition) is 1. The maximum Gasteiger partial charge on any atom is 0.256 e. The van der Waals surface area contributed by atoms with Gasteiger partial charge in [-0.1, -0.05) is 22.9 Å². The van der Waals surface area contributed by atoms with Crippen LogP contribution in [0, 0.1) is 12.7 Å². The molecule has 9 heteroatoms. The number of alkyl halides is 2. The Morgan fingerprint density at radius 1 is 1.18 bits per heavy atom. The standard InChI is InChI=1S/C19H14ClF3N4O/c1-10-18(24-25-27(10)16-5-3-13(20)7-15(16)21)11-2-4-14-12(6-11)8-26(19(14)28)9-17(22)23/h2-8,17,28H,9H2,1H3. The van der Waals surface area contributed by atoms with Crippen molar-refractivity contribution < 1.29 is 18.3 Å². The number of fused-ring (bicyclic) bond motifs is 1. The summed E-state index contributed by atoms with van der Waals surface area (Å²) in [6, 6.07) is 9.31. The van der Waals surface area contributed by atoms with Gasteiger partial charge in [0, 0.05) is 27.6 Å². The summed E-state index contributed by atoms with van der Waals surface area (Å²) in [5.74, 6) is -0.748. The highest BCUT2D eigenvalue weighted by Crippen LogP contribution is 2.32. The van der Waals surface area contributed by atoms with E-state index in [1.54, 1.807) is 31.2 Å². The molecule has 0 aliphatic heterocycles. The van der Waals surface area contributed by atoms with Crippen molar-refractivity contribution in [2.24, 2.45) is 0 Å². The predicted octanol–water partition coefficient (Wildman–Crippen LogP) is 4.96. The first-order valence-corrected chi connectivity index (χ1v) is 8.71. The van der Waals surface area contributed by atoms with Gasteiger partial charge in [-0.15, -0.1) is 5.10 Å². The Hall–Kier alpha value is -3.00. The molecular formula is C19H14ClF3N4O. The number of rotatable bonds is 4. The van der Waals surface area contributed by atoms with E-state index in [-0.39, 0.29) is 16.6 Å². The Kier molecular flexibility index (Phi) is 4.50. The first-order valence-electron chi connectivity index (χ1n) is 8.33. The summed E-state index contributed by atoms with van der Waals surface area (Å²) in [5, 5.41) is 19.6. The second-order valence-electron chi connectivity index (χ2n) is 6.33. The minimum atomic E-state index is -2.58. The fraction of sp³-hybridized carbons (Fsp3) is 0.158. The number of hydrogen-bond acceptors (Lipinski definition) is 3. The van der Waals surface area contributed by atoms with Crippen LogP contribution in [0.4, 0.5) is 13.2 Å². The predicted molar refractivity (Wildman–Crippen MR) is 99.7 cm³/mol. The van der Waals surface area contributed by atoms with Crippen LogP contribution < -0.4 is 0 Å². The zero-order chi connectivity index (χ0) is 20.0. The van der Waals surface area contributed by atoms with Crippen molar-refractivity contribution in [3.63, 3.8) is 0 Å². The van der Waals surface area contributed by atoms with Gasteiger partial charge >= 0.3 is 0 Å². The van der Waals surface area contributed by atoms with Crippen molar-refractivity contribution in [3.05, 3.63) is 59.1 Å². The molecule has 1 N–H and O–H groups in total. The van der Waals surface area contributed by atoms with Gasteiger partial charge in [-0.05, 0) is 37.3 Å². The quantitative estimate of drug-likeness (QED) is 0.521. The number of nitrogens with zero attached hydrogens (tertiary/aromatic N) is 4. The van der Waals surface area contributed by atoms with E-state index >= 15 is 0 Å². The SMILES string of the molecule is Cc1c(-c2ccc3c(O)n(CC(F)F)cc3c2)nnn1-c1ccc(Cl)cc1F. The molecule has 0 saturated heterocycles. The van der Waals surface area contributed by atoms with Gasteiger partial charge in [-0.25, -0.2) is 17.9 Å². The van der Waals surface area contributed by atoms with E-state index in [0.717, 1.165) is 4.57 Å². The molecule has 0 bridgehead atoms. The molecule has 0 amide bonds. The largest absolute Gasteiger partial charge is 0.494 e. The molecule has 5 nitrogen and oxygen atoms in total. The number of benzene rings is 2. The first-order chi connectivity index (χ1) is 13.3. The summed E-state index contributed by atoms with van der Waals surface area (Å²) >= 11 is 5.79. The lowest BCUT2D eigenvalue weighted by atomic mass is 10.1. The lowest BCUT2D eigenvalue weighted by Crippen LogP contribution is -2.04. The Balaban J connectivity index is 1.77. The van der Waals surface area contributed by atoms with Crippen molar-refractivity contribution >= 4 is 22.4 Å². The van der Waals surface area contributed by atoms with Gasteiger partial charge in [-0.2, -0.15) is 0 Å². The van der Waals surface area contributed by atoms with E-state index in [1.165, 1.54) is 23.0 Å². The fourth-order valence-electron chi connectivity index (χ4n) is 3.17. The molecule has 28 heavy (non-hydrogen) atoms. The lowest BCUT2D eigenvalue weighted by molar-refractivity contribution is 0.123. The van der Waals surface area contributed by atoms with Crippen molar-refractivity contribution in [1.82, 2.24) is 19.6 Å². The van der Waals surface area contributed by atoms with Crippen LogP contribution in [0.2, 0.25) is 5.02 Å². The molecule has 4 rings (SSSR count). The van der Waals surface area contributed by atoms with Crippen molar-refractivity contribution in [2.75, 3.05) is 0 Å². The van der Waals surface area contributed by atoms with Crippen molar-refractivity contribution in [3.8, 4) is 22.8 Å². The van der Waals surface area contributed by atoms with Gasteiger partial charge in [0.25, 0.3) is 6.43 Å². The Labute approximate surface area is 162 Å². The number of halogens is 4. The maximum atomic E-state index is 14.2. The molecule has 0 spiro atoms. The molecule has 2 aromatic heterocycles. The van der Waals surface area contributed by atoms with E-state index in [2.05, 4.69) is 10.3 Å². The van der Waals surface area contributed by atoms with E-state index in [9.17, 15) is 18.3 Å². The summed E-state index contributed by atoms with van der Waals surface area (Å²) in [6.45, 7) is 1.15. The van der Waals surface area contributed by atoms with Gasteiger partial charge in [-0.3, -0.25) is 0 Å². The third kappa shape index (κ3) is 3.09. The minimum absolute atomic E-state index is 0.211. The Bertz CT molecular complexity index is 1190. The van der Waals surface area contributed by atoms with E-state index in [1.807, 2.05) is 0 Å². The van der Waals surface area contributed by atoms with Crippen molar-refractivity contribution in [1.29, 1.82) is 0 Å². The second kappa shape index (κ2) is 6.87. The molecule has 0 radical (unpaired) electrons. The molecule has 0 unspecified atom stereocenters. The van der Waals surface area contributed by atoms with Crippen molar-refractivity contribution in [2.45, 2.75) is 19.9 Å². The molecule has 0 fully saturated rings. The van der Waals surface area contributed by atoms with E-state index in [4.69, 9.17) is 11.6 Å². The highest BCUT2D eigenvalue weighted by Gasteiger charge is 2.17. The van der Waals surface area contributed by atoms with Crippen LogP contribution in [0.25, 0.3) is 27.7 Å². The monoisotopic (exact) mass is 406 g/mol. The summed E-state index contributed by atoms with van der Waals surface area (Å²) in [5.41, 5.74) is 1.98. The highest BCUT2D eigenvalue weighted by atomic mass is 35.5. The summed E-state index contributed by atoms with van der Waals surface area (Å²) in [6.07, 6.45) is -1.12. The summed E-state index contributed by atoms with van der Waals surface area (Å²) in [7, 11) is 0. The molecule has 2 heterocycles. The highest BCUT2D eigenvalue weighted by molar-refractivity contribution is 6.30. The molecule has 144 valence electrons. The van der Waals surface area contributed by atoms with E-state index < -0.39 is 18.8 Å². The van der Waals surface area contributed by atoms with Crippen LogP contribution in [-0.4, -0.2) is 31.1 Å². The van der Waals surface area contributed by atoms with Crippen LogP contribution in [0.15, 0.2) is 42.6 Å². The third-order valence-electron chi connectivity index (χ3n) is 4.50. The minimum Gasteiger partial charge on any atom is -0.494 e. The molecule has 2 aromatic carbocycles. The van der Waals surface area contributed by atoms with Crippen LogP contribution in [-0.2, 0) is 6.54 Å². The van der Waals surface area contributed by atoms with Gasteiger partial charge < -0.3 is 9.67 Å². The molecule has 0 atom stereocenters. The fourth-order valence-corrected chi connectivity index (χ4v) is 3.33. The summed E-state index contributed by atoms with van der Waals surface area (Å²) < 4.78 is 42.0. The maximum absolute atomic E-state index is 14.2. The van der Waals surface area contributed by atoms with Crippen LogP contribution in [0.3, 0.4) is 0 Å². The van der Waals surface area contributed by atoms with Crippen LogP contribution in [0.1, 0.15) is 5.69 Å². The number of aromatic nitrogens is 4. The molecule has 0 aliphatic carbocycles. The molecule has 0 aliphatic rings. The van der Waals surface area contributed by atoms with E-state index in [0.29, 0.717) is 27.7 Å². The Morgan fingerprint density at radius 3 is 2.68 bits per heavy atom. The lowest BCUT2D eigenvalue weighted by Gasteiger charge is -2.06. The average Bonchev–Trinajstić information content (AvgIpc) is 3.15. The smallest absolute Gasteiger partial charge is 0.256 e. The number of aromatic hydroxyl groups is 1. The Morgan fingerprint density at radius 2 is 1.96 bits per heavy atom. The van der Waals surface area contributed by atoms with Gasteiger partial charge in [0.15, 0.2) is 5.88 Å². The summed E-state index contributed by atoms with van der Waals surface area (Å²) in [4.78, 5) is 0. The van der Waals surface area contributed by atoms with Gasteiger partial charge in [0.2, 0.25) is 0 Å². The zero-order valence-corrected chi connectivity index (χ0v) is 15.3. The zero-order valence-electron chi connectivity index (χ0n) is 14.6. The average molecular weight is 407 g/mol. The van der Waals surface area contributed by atoms with Gasteiger partial charge in [0.05, 0.1) is 12.2 Å². The van der Waals surface area contributed by atoms with Gasteiger partial charge in [0.1, 0.15) is 17.2 Å². The normalized spacial score (nSPS) is 11.6. The van der Waals surface area contributed by atoms with Crippen LogP contribution in [0.5, 0.6) is 5.88 Å². The molecular weight excluding hydrogens is 393 g/mol. The topological polar surface area (TPSA) is 55.9 Å². The molecule has 4 aromatic rings. The first kappa shape index (κ1) is 18.4. The molecule has 0 saturated carbocycles. The third-order valence-corrected chi connectivity index (χ3v) is 4.74.